The maximum atomic E-state index is 11.7. The molecule has 0 bridgehead atoms. The summed E-state index contributed by atoms with van der Waals surface area (Å²) < 4.78 is 0.844. The van der Waals surface area contributed by atoms with Crippen molar-refractivity contribution in [2.75, 3.05) is 5.32 Å². The average Bonchev–Trinajstić information content (AvgIpc) is 2.41. The quantitative estimate of drug-likeness (QED) is 0.853. The van der Waals surface area contributed by atoms with Crippen LogP contribution in [0.5, 0.6) is 0 Å². The second-order valence-electron chi connectivity index (χ2n) is 3.91. The van der Waals surface area contributed by atoms with E-state index in [-0.39, 0.29) is 6.03 Å². The fourth-order valence-corrected chi connectivity index (χ4v) is 2.02. The first kappa shape index (κ1) is 13.9. The summed E-state index contributed by atoms with van der Waals surface area (Å²) in [5.74, 6) is 0. The molecule has 2 aromatic rings. The van der Waals surface area contributed by atoms with Crippen LogP contribution in [0.4, 0.5) is 10.5 Å². The monoisotopic (exact) mass is 338 g/mol. The predicted molar refractivity (Wildman–Crippen MR) is 81.5 cm³/mol. The predicted octanol–water partition coefficient (Wildman–Crippen LogP) is 4.42. The van der Waals surface area contributed by atoms with Crippen molar-refractivity contribution >= 4 is 39.2 Å². The van der Waals surface area contributed by atoms with E-state index in [1.54, 1.807) is 12.1 Å². The van der Waals surface area contributed by atoms with Crippen LogP contribution in [0.1, 0.15) is 5.56 Å². The minimum Gasteiger partial charge on any atom is -0.334 e. The molecular formula is C14H12BrClN2O. The lowest BCUT2D eigenvalue weighted by atomic mass is 10.2. The summed E-state index contributed by atoms with van der Waals surface area (Å²) in [6, 6.07) is 14.5. The Bertz CT molecular complexity index is 572. The largest absolute Gasteiger partial charge is 0.334 e. The molecule has 0 unspecified atom stereocenters. The first-order valence-electron chi connectivity index (χ1n) is 5.69. The smallest absolute Gasteiger partial charge is 0.319 e. The molecule has 2 aromatic carbocycles. The van der Waals surface area contributed by atoms with Gasteiger partial charge in [-0.25, -0.2) is 4.79 Å². The van der Waals surface area contributed by atoms with Crippen molar-refractivity contribution in [3.63, 3.8) is 0 Å². The van der Waals surface area contributed by atoms with E-state index in [4.69, 9.17) is 11.6 Å². The molecule has 0 heterocycles. The molecule has 0 aliphatic rings. The van der Waals surface area contributed by atoms with Gasteiger partial charge < -0.3 is 10.6 Å². The van der Waals surface area contributed by atoms with E-state index in [1.807, 2.05) is 36.4 Å². The summed E-state index contributed by atoms with van der Waals surface area (Å²) in [6.45, 7) is 0.452. The van der Waals surface area contributed by atoms with Gasteiger partial charge in [0.1, 0.15) is 0 Å². The van der Waals surface area contributed by atoms with Gasteiger partial charge in [0.05, 0.1) is 5.69 Å². The Balaban J connectivity index is 1.88. The Hall–Kier alpha value is -1.52. The van der Waals surface area contributed by atoms with E-state index in [1.165, 1.54) is 0 Å². The molecule has 3 nitrogen and oxygen atoms in total. The third kappa shape index (κ3) is 4.26. The highest BCUT2D eigenvalue weighted by Gasteiger charge is 2.04. The van der Waals surface area contributed by atoms with E-state index in [2.05, 4.69) is 26.6 Å². The van der Waals surface area contributed by atoms with Crippen LogP contribution >= 0.6 is 27.5 Å². The third-order valence-corrected chi connectivity index (χ3v) is 3.43. The summed E-state index contributed by atoms with van der Waals surface area (Å²) in [4.78, 5) is 11.7. The number of rotatable bonds is 3. The number of hydrogen-bond acceptors (Lipinski definition) is 1. The fraction of sp³-hybridized carbons (Fsp3) is 0.0714. The van der Waals surface area contributed by atoms with Crippen molar-refractivity contribution in [1.82, 2.24) is 5.32 Å². The minimum atomic E-state index is -0.248. The molecule has 0 saturated carbocycles. The molecule has 98 valence electrons. The van der Waals surface area contributed by atoms with Crippen molar-refractivity contribution in [2.24, 2.45) is 0 Å². The summed E-state index contributed by atoms with van der Waals surface area (Å²) >= 11 is 9.17. The summed E-state index contributed by atoms with van der Waals surface area (Å²) in [7, 11) is 0. The number of hydrogen-bond donors (Lipinski definition) is 2. The number of carbonyl (C=O) groups excluding carboxylic acids is 1. The third-order valence-electron chi connectivity index (χ3n) is 2.49. The number of halogens is 2. The van der Waals surface area contributed by atoms with Crippen LogP contribution in [0.2, 0.25) is 5.02 Å². The lowest BCUT2D eigenvalue weighted by Crippen LogP contribution is -2.28. The van der Waals surface area contributed by atoms with Gasteiger partial charge in [-0.2, -0.15) is 0 Å². The number of nitrogens with one attached hydrogen (secondary N) is 2. The number of urea groups is 1. The van der Waals surface area contributed by atoms with Gasteiger partial charge in [0, 0.05) is 16.0 Å². The normalized spacial score (nSPS) is 10.0. The van der Waals surface area contributed by atoms with Crippen LogP contribution in [0.3, 0.4) is 0 Å². The number of anilines is 1. The van der Waals surface area contributed by atoms with Crippen LogP contribution in [-0.2, 0) is 6.54 Å². The minimum absolute atomic E-state index is 0.248. The highest BCUT2D eigenvalue weighted by molar-refractivity contribution is 9.10. The van der Waals surface area contributed by atoms with Gasteiger partial charge in [-0.3, -0.25) is 0 Å². The maximum Gasteiger partial charge on any atom is 0.319 e. The Morgan fingerprint density at radius 1 is 1.11 bits per heavy atom. The maximum absolute atomic E-state index is 11.7. The Morgan fingerprint density at radius 3 is 2.47 bits per heavy atom. The van der Waals surface area contributed by atoms with Crippen LogP contribution < -0.4 is 10.6 Å². The van der Waals surface area contributed by atoms with Crippen LogP contribution in [0.15, 0.2) is 53.0 Å². The van der Waals surface area contributed by atoms with Crippen LogP contribution in [0.25, 0.3) is 0 Å². The molecule has 0 fully saturated rings. The van der Waals surface area contributed by atoms with Gasteiger partial charge in [0.2, 0.25) is 0 Å². The van der Waals surface area contributed by atoms with E-state index in [0.717, 1.165) is 15.7 Å². The number of para-hydroxylation sites is 1. The van der Waals surface area contributed by atoms with Gasteiger partial charge in [-0.15, -0.1) is 0 Å². The molecule has 0 saturated heterocycles. The van der Waals surface area contributed by atoms with Crippen molar-refractivity contribution in [2.45, 2.75) is 6.54 Å². The van der Waals surface area contributed by atoms with E-state index in [9.17, 15) is 4.79 Å². The second kappa shape index (κ2) is 6.59. The molecule has 0 aliphatic heterocycles. The molecule has 0 radical (unpaired) electrons. The SMILES string of the molecule is O=C(NCc1ccc(Cl)cc1)Nc1ccccc1Br. The average molecular weight is 340 g/mol. The van der Waals surface area contributed by atoms with E-state index < -0.39 is 0 Å². The van der Waals surface area contributed by atoms with Crippen LogP contribution in [0, 0.1) is 0 Å². The highest BCUT2D eigenvalue weighted by Crippen LogP contribution is 2.20. The molecule has 0 aliphatic carbocycles. The lowest BCUT2D eigenvalue weighted by Gasteiger charge is -2.09. The molecular weight excluding hydrogens is 328 g/mol. The standard InChI is InChI=1S/C14H12BrClN2O/c15-12-3-1-2-4-13(12)18-14(19)17-9-10-5-7-11(16)8-6-10/h1-8H,9H2,(H2,17,18,19). The molecule has 5 heteroatoms. The van der Waals surface area contributed by atoms with Crippen molar-refractivity contribution in [1.29, 1.82) is 0 Å². The fourth-order valence-electron chi connectivity index (χ4n) is 1.51. The lowest BCUT2D eigenvalue weighted by molar-refractivity contribution is 0.251. The van der Waals surface area contributed by atoms with Gasteiger partial charge >= 0.3 is 6.03 Å². The Kier molecular flexibility index (Phi) is 4.82. The molecule has 19 heavy (non-hydrogen) atoms. The molecule has 2 N–H and O–H groups in total. The molecule has 0 spiro atoms. The number of benzene rings is 2. The number of amides is 2. The van der Waals surface area contributed by atoms with Crippen molar-refractivity contribution in [3.8, 4) is 0 Å². The Morgan fingerprint density at radius 2 is 1.79 bits per heavy atom. The van der Waals surface area contributed by atoms with Gasteiger partial charge in [-0.05, 0) is 45.8 Å². The van der Waals surface area contributed by atoms with Crippen LogP contribution in [-0.4, -0.2) is 6.03 Å². The van der Waals surface area contributed by atoms with Gasteiger partial charge in [0.25, 0.3) is 0 Å². The van der Waals surface area contributed by atoms with E-state index >= 15 is 0 Å². The molecule has 2 rings (SSSR count). The van der Waals surface area contributed by atoms with Crippen molar-refractivity contribution < 1.29 is 4.79 Å². The van der Waals surface area contributed by atoms with E-state index in [0.29, 0.717) is 11.6 Å². The van der Waals surface area contributed by atoms with Crippen molar-refractivity contribution in [3.05, 3.63) is 63.6 Å². The zero-order valence-corrected chi connectivity index (χ0v) is 12.3. The zero-order chi connectivity index (χ0) is 13.7. The first-order chi connectivity index (χ1) is 9.15. The summed E-state index contributed by atoms with van der Waals surface area (Å²) in [5.41, 5.74) is 1.72. The second-order valence-corrected chi connectivity index (χ2v) is 5.20. The molecule has 0 atom stereocenters. The zero-order valence-electron chi connectivity index (χ0n) is 9.99. The summed E-state index contributed by atoms with van der Waals surface area (Å²) in [6.07, 6.45) is 0. The number of carbonyl (C=O) groups is 1. The topological polar surface area (TPSA) is 41.1 Å². The first-order valence-corrected chi connectivity index (χ1v) is 6.86. The summed E-state index contributed by atoms with van der Waals surface area (Å²) in [5, 5.41) is 6.23. The highest BCUT2D eigenvalue weighted by atomic mass is 79.9. The van der Waals surface area contributed by atoms with Gasteiger partial charge in [-0.1, -0.05) is 35.9 Å². The Labute approximate surface area is 125 Å². The molecule has 0 aromatic heterocycles. The van der Waals surface area contributed by atoms with Gasteiger partial charge in [0.15, 0.2) is 0 Å². The molecule has 2 amide bonds.